The van der Waals surface area contributed by atoms with Gasteiger partial charge in [-0.25, -0.2) is 0 Å². The number of imide groups is 1. The van der Waals surface area contributed by atoms with Crippen molar-refractivity contribution in [3.05, 3.63) is 29.8 Å². The van der Waals surface area contributed by atoms with Crippen LogP contribution in [-0.2, 0) is 23.9 Å². The molecule has 1 fully saturated rings. The van der Waals surface area contributed by atoms with Crippen LogP contribution >= 0.6 is 0 Å². The number of hydrogen-bond donors (Lipinski definition) is 0. The first kappa shape index (κ1) is 19.6. The molecule has 0 N–H and O–H groups in total. The van der Waals surface area contributed by atoms with Gasteiger partial charge < -0.3 is 0 Å². The van der Waals surface area contributed by atoms with Crippen LogP contribution in [0.25, 0.3) is 0 Å². The van der Waals surface area contributed by atoms with Gasteiger partial charge >= 0.3 is 0 Å². The monoisotopic (exact) mass is 367 g/mol. The maximum absolute atomic E-state index is 12.0. The van der Waals surface area contributed by atoms with Gasteiger partial charge in [-0.15, -0.1) is 0 Å². The van der Waals surface area contributed by atoms with Crippen molar-refractivity contribution >= 4 is 21.9 Å². The van der Waals surface area contributed by atoms with Crippen LogP contribution in [-0.4, -0.2) is 38.3 Å². The molecule has 7 heteroatoms. The summed E-state index contributed by atoms with van der Waals surface area (Å²) in [5.74, 6) is -0.160. The van der Waals surface area contributed by atoms with E-state index in [1.807, 2.05) is 6.92 Å². The van der Waals surface area contributed by atoms with E-state index in [1.165, 1.54) is 17.0 Å². The molecule has 1 heterocycles. The SMILES string of the molecule is Cc1ccc(S(=O)(=O)OCCCCCCN2C(=O)CCCC2=O)cc1. The predicted molar refractivity (Wildman–Crippen MR) is 93.4 cm³/mol. The summed E-state index contributed by atoms with van der Waals surface area (Å²) in [6.07, 6.45) is 4.54. The molecule has 0 saturated carbocycles. The number of benzene rings is 1. The van der Waals surface area contributed by atoms with Crippen molar-refractivity contribution in [2.75, 3.05) is 13.2 Å². The second-order valence-corrected chi connectivity index (χ2v) is 7.91. The number of likely N-dealkylation sites (tertiary alicyclic amines) is 1. The van der Waals surface area contributed by atoms with E-state index in [-0.39, 0.29) is 23.3 Å². The third-order valence-electron chi connectivity index (χ3n) is 4.21. The van der Waals surface area contributed by atoms with Crippen molar-refractivity contribution in [1.29, 1.82) is 0 Å². The maximum atomic E-state index is 12.0. The van der Waals surface area contributed by atoms with Crippen LogP contribution < -0.4 is 0 Å². The van der Waals surface area contributed by atoms with Crippen LogP contribution in [0.5, 0.6) is 0 Å². The van der Waals surface area contributed by atoms with Crippen LogP contribution in [0.2, 0.25) is 0 Å². The van der Waals surface area contributed by atoms with Crippen molar-refractivity contribution in [3.63, 3.8) is 0 Å². The Labute approximate surface area is 149 Å². The minimum Gasteiger partial charge on any atom is -0.283 e. The van der Waals surface area contributed by atoms with Crippen molar-refractivity contribution in [1.82, 2.24) is 4.90 Å². The fourth-order valence-corrected chi connectivity index (χ4v) is 3.66. The second-order valence-electron chi connectivity index (χ2n) is 6.30. The fraction of sp³-hybridized carbons (Fsp3) is 0.556. The van der Waals surface area contributed by atoms with Crippen LogP contribution in [0.3, 0.4) is 0 Å². The van der Waals surface area contributed by atoms with E-state index in [0.717, 1.165) is 24.8 Å². The first-order valence-electron chi connectivity index (χ1n) is 8.69. The van der Waals surface area contributed by atoms with E-state index in [9.17, 15) is 18.0 Å². The molecule has 1 aliphatic heterocycles. The molecule has 138 valence electrons. The summed E-state index contributed by atoms with van der Waals surface area (Å²) in [5.41, 5.74) is 0.990. The smallest absolute Gasteiger partial charge is 0.283 e. The molecule has 0 bridgehead atoms. The van der Waals surface area contributed by atoms with Crippen molar-refractivity contribution in [2.24, 2.45) is 0 Å². The van der Waals surface area contributed by atoms with Gasteiger partial charge in [0.15, 0.2) is 0 Å². The van der Waals surface area contributed by atoms with Gasteiger partial charge in [0.05, 0.1) is 11.5 Å². The summed E-state index contributed by atoms with van der Waals surface area (Å²) < 4.78 is 29.1. The molecule has 0 aromatic heterocycles. The average Bonchev–Trinajstić information content (AvgIpc) is 2.56. The second kappa shape index (κ2) is 9.10. The highest BCUT2D eigenvalue weighted by molar-refractivity contribution is 7.86. The summed E-state index contributed by atoms with van der Waals surface area (Å²) in [6.45, 7) is 2.49. The summed E-state index contributed by atoms with van der Waals surface area (Å²) >= 11 is 0. The molecule has 1 aromatic carbocycles. The number of piperidine rings is 1. The lowest BCUT2D eigenvalue weighted by Crippen LogP contribution is -2.40. The normalized spacial score (nSPS) is 15.6. The van der Waals surface area contributed by atoms with Gasteiger partial charge in [-0.3, -0.25) is 18.7 Å². The number of carbonyl (C=O) groups is 2. The molecule has 0 radical (unpaired) electrons. The quantitative estimate of drug-likeness (QED) is 0.381. The lowest BCUT2D eigenvalue weighted by Gasteiger charge is -2.24. The standard InChI is InChI=1S/C18H25NO5S/c1-15-9-11-16(12-10-15)25(22,23)24-14-5-3-2-4-13-19-17(20)7-6-8-18(19)21/h9-12H,2-8,13-14H2,1H3. The molecule has 0 atom stereocenters. The predicted octanol–water partition coefficient (Wildman–Crippen LogP) is 2.80. The van der Waals surface area contributed by atoms with Crippen LogP contribution in [0.4, 0.5) is 0 Å². The van der Waals surface area contributed by atoms with Gasteiger partial charge in [0.25, 0.3) is 10.1 Å². The van der Waals surface area contributed by atoms with Crippen molar-refractivity contribution < 1.29 is 22.2 Å². The highest BCUT2D eigenvalue weighted by atomic mass is 32.2. The maximum Gasteiger partial charge on any atom is 0.296 e. The number of rotatable bonds is 9. The molecular weight excluding hydrogens is 342 g/mol. The van der Waals surface area contributed by atoms with E-state index in [4.69, 9.17) is 4.18 Å². The fourth-order valence-electron chi connectivity index (χ4n) is 2.72. The Kier molecular flexibility index (Phi) is 7.13. The van der Waals surface area contributed by atoms with Crippen LogP contribution in [0.15, 0.2) is 29.2 Å². The Morgan fingerprint density at radius 2 is 1.56 bits per heavy atom. The average molecular weight is 367 g/mol. The Morgan fingerprint density at radius 3 is 2.20 bits per heavy atom. The van der Waals surface area contributed by atoms with Gasteiger partial charge in [0.2, 0.25) is 11.8 Å². The topological polar surface area (TPSA) is 80.8 Å². The summed E-state index contributed by atoms with van der Waals surface area (Å²) in [5, 5.41) is 0. The molecule has 2 amide bonds. The van der Waals surface area contributed by atoms with Gasteiger partial charge in [0, 0.05) is 19.4 Å². The number of hydrogen-bond acceptors (Lipinski definition) is 5. The molecule has 1 aromatic rings. The van der Waals surface area contributed by atoms with E-state index in [1.54, 1.807) is 12.1 Å². The van der Waals surface area contributed by atoms with Crippen LogP contribution in [0.1, 0.15) is 50.5 Å². The minimum absolute atomic E-state index is 0.0798. The van der Waals surface area contributed by atoms with Crippen LogP contribution in [0, 0.1) is 6.92 Å². The molecule has 0 aliphatic carbocycles. The van der Waals surface area contributed by atoms with Gasteiger partial charge in [0.1, 0.15) is 0 Å². The molecule has 25 heavy (non-hydrogen) atoms. The summed E-state index contributed by atoms with van der Waals surface area (Å²) in [7, 11) is -3.70. The minimum atomic E-state index is -3.70. The molecule has 1 aliphatic rings. The Balaban J connectivity index is 1.62. The highest BCUT2D eigenvalue weighted by Gasteiger charge is 2.24. The van der Waals surface area contributed by atoms with Gasteiger partial charge in [-0.1, -0.05) is 30.5 Å². The molecular formula is C18H25NO5S. The largest absolute Gasteiger partial charge is 0.296 e. The third-order valence-corrected chi connectivity index (χ3v) is 5.53. The molecule has 1 saturated heterocycles. The first-order chi connectivity index (χ1) is 11.9. The van der Waals surface area contributed by atoms with Gasteiger partial charge in [-0.05, 0) is 38.3 Å². The van der Waals surface area contributed by atoms with E-state index < -0.39 is 10.1 Å². The molecule has 0 spiro atoms. The Hall–Kier alpha value is -1.73. The zero-order chi connectivity index (χ0) is 18.3. The lowest BCUT2D eigenvalue weighted by molar-refractivity contribution is -0.148. The number of carbonyl (C=O) groups excluding carboxylic acids is 2. The zero-order valence-electron chi connectivity index (χ0n) is 14.6. The van der Waals surface area contributed by atoms with Crippen molar-refractivity contribution in [3.8, 4) is 0 Å². The zero-order valence-corrected chi connectivity index (χ0v) is 15.4. The first-order valence-corrected chi connectivity index (χ1v) is 10.1. The van der Waals surface area contributed by atoms with E-state index in [0.29, 0.717) is 32.2 Å². The summed E-state index contributed by atoms with van der Waals surface area (Å²) in [6, 6.07) is 6.55. The number of amides is 2. The highest BCUT2D eigenvalue weighted by Crippen LogP contribution is 2.15. The third kappa shape index (κ3) is 5.93. The number of nitrogens with zero attached hydrogens (tertiary/aromatic N) is 1. The van der Waals surface area contributed by atoms with E-state index >= 15 is 0 Å². The number of aryl methyl sites for hydroxylation is 1. The Morgan fingerprint density at radius 1 is 0.960 bits per heavy atom. The van der Waals surface area contributed by atoms with Gasteiger partial charge in [-0.2, -0.15) is 8.42 Å². The van der Waals surface area contributed by atoms with Crippen molar-refractivity contribution in [2.45, 2.75) is 56.8 Å². The number of unbranched alkanes of at least 4 members (excludes halogenated alkanes) is 3. The molecule has 2 rings (SSSR count). The molecule has 6 nitrogen and oxygen atoms in total. The summed E-state index contributed by atoms with van der Waals surface area (Å²) in [4.78, 5) is 24.8. The van der Waals surface area contributed by atoms with E-state index in [2.05, 4.69) is 0 Å². The lowest BCUT2D eigenvalue weighted by atomic mass is 10.1. The molecule has 0 unspecified atom stereocenters. The Bertz CT molecular complexity index is 681.